The fraction of sp³-hybridized carbons (Fsp3) is 0.125. The van der Waals surface area contributed by atoms with E-state index < -0.39 is 6.03 Å². The van der Waals surface area contributed by atoms with Crippen molar-refractivity contribution in [2.75, 3.05) is 11.9 Å². The number of urea groups is 1. The third kappa shape index (κ3) is 5.10. The van der Waals surface area contributed by atoms with Crippen LogP contribution < -0.4 is 15.5 Å². The molecule has 114 valence electrons. The fourth-order valence-corrected chi connectivity index (χ4v) is 1.80. The minimum absolute atomic E-state index is 0.426. The van der Waals surface area contributed by atoms with Gasteiger partial charge in [0.2, 0.25) is 0 Å². The van der Waals surface area contributed by atoms with Gasteiger partial charge in [0.1, 0.15) is 5.75 Å². The standard InChI is InChI=1S/C16H16ClN3O2/c1-2-22-15-9-3-12(4-10-15)11-18-20-16(21)19-14-7-5-13(17)6-8-14/h3-11H,2H2,1H3,(H2,19,20,21)/b18-11-. The molecule has 0 spiro atoms. The van der Waals surface area contributed by atoms with E-state index in [4.69, 9.17) is 16.3 Å². The van der Waals surface area contributed by atoms with Crippen molar-refractivity contribution in [3.05, 3.63) is 59.1 Å². The number of carbonyl (C=O) groups is 1. The molecule has 0 aliphatic carbocycles. The zero-order valence-electron chi connectivity index (χ0n) is 12.0. The van der Waals surface area contributed by atoms with Gasteiger partial charge in [-0.15, -0.1) is 0 Å². The Morgan fingerprint density at radius 3 is 2.50 bits per heavy atom. The number of rotatable bonds is 5. The van der Waals surface area contributed by atoms with Crippen LogP contribution in [0.3, 0.4) is 0 Å². The number of halogens is 1. The summed E-state index contributed by atoms with van der Waals surface area (Å²) >= 11 is 5.77. The number of carbonyl (C=O) groups excluding carboxylic acids is 1. The van der Waals surface area contributed by atoms with E-state index >= 15 is 0 Å². The van der Waals surface area contributed by atoms with Crippen LogP contribution in [0.25, 0.3) is 0 Å². The summed E-state index contributed by atoms with van der Waals surface area (Å²) in [5, 5.41) is 7.13. The normalized spacial score (nSPS) is 10.5. The van der Waals surface area contributed by atoms with E-state index in [-0.39, 0.29) is 0 Å². The van der Waals surface area contributed by atoms with Crippen molar-refractivity contribution in [3.8, 4) is 5.75 Å². The lowest BCUT2D eigenvalue weighted by molar-refractivity contribution is 0.252. The molecule has 2 N–H and O–H groups in total. The molecule has 0 aromatic heterocycles. The highest BCUT2D eigenvalue weighted by Crippen LogP contribution is 2.13. The van der Waals surface area contributed by atoms with Crippen LogP contribution in [0.5, 0.6) is 5.75 Å². The van der Waals surface area contributed by atoms with Gasteiger partial charge in [0, 0.05) is 10.7 Å². The molecule has 6 heteroatoms. The minimum atomic E-state index is -0.426. The Morgan fingerprint density at radius 1 is 1.18 bits per heavy atom. The summed E-state index contributed by atoms with van der Waals surface area (Å²) in [7, 11) is 0. The molecule has 0 heterocycles. The van der Waals surface area contributed by atoms with Crippen LogP contribution in [0.15, 0.2) is 53.6 Å². The molecule has 22 heavy (non-hydrogen) atoms. The SMILES string of the molecule is CCOc1ccc(/C=N\NC(=O)Nc2ccc(Cl)cc2)cc1. The van der Waals surface area contributed by atoms with Crippen molar-refractivity contribution in [1.82, 2.24) is 5.43 Å². The molecular weight excluding hydrogens is 302 g/mol. The predicted octanol–water partition coefficient (Wildman–Crippen LogP) is 3.89. The highest BCUT2D eigenvalue weighted by molar-refractivity contribution is 6.30. The van der Waals surface area contributed by atoms with Crippen LogP contribution in [0.2, 0.25) is 5.02 Å². The quantitative estimate of drug-likeness (QED) is 0.649. The van der Waals surface area contributed by atoms with Crippen molar-refractivity contribution < 1.29 is 9.53 Å². The average Bonchev–Trinajstić information content (AvgIpc) is 2.52. The first-order valence-electron chi connectivity index (χ1n) is 6.76. The molecule has 2 aromatic rings. The van der Waals surface area contributed by atoms with Gasteiger partial charge in [-0.2, -0.15) is 5.10 Å². The first kappa shape index (κ1) is 15.9. The zero-order valence-corrected chi connectivity index (χ0v) is 12.8. The third-order valence-corrected chi connectivity index (χ3v) is 2.92. The van der Waals surface area contributed by atoms with Gasteiger partial charge in [-0.25, -0.2) is 10.2 Å². The predicted molar refractivity (Wildman–Crippen MR) is 88.8 cm³/mol. The molecule has 0 saturated heterocycles. The molecule has 0 unspecified atom stereocenters. The van der Waals surface area contributed by atoms with Crippen LogP contribution in [0.1, 0.15) is 12.5 Å². The summed E-state index contributed by atoms with van der Waals surface area (Å²) in [4.78, 5) is 11.6. The van der Waals surface area contributed by atoms with E-state index in [0.717, 1.165) is 11.3 Å². The van der Waals surface area contributed by atoms with Gasteiger partial charge in [0.05, 0.1) is 12.8 Å². The lowest BCUT2D eigenvalue weighted by Gasteiger charge is -2.04. The summed E-state index contributed by atoms with van der Waals surface area (Å²) in [6, 6.07) is 13.8. The largest absolute Gasteiger partial charge is 0.494 e. The van der Waals surface area contributed by atoms with Gasteiger partial charge >= 0.3 is 6.03 Å². The first-order chi connectivity index (χ1) is 10.7. The highest BCUT2D eigenvalue weighted by atomic mass is 35.5. The Morgan fingerprint density at radius 2 is 1.86 bits per heavy atom. The number of nitrogens with zero attached hydrogens (tertiary/aromatic N) is 1. The van der Waals surface area contributed by atoms with Crippen LogP contribution in [-0.4, -0.2) is 18.9 Å². The number of benzene rings is 2. The molecule has 0 aliphatic rings. The average molecular weight is 318 g/mol. The van der Waals surface area contributed by atoms with Crippen molar-refractivity contribution in [3.63, 3.8) is 0 Å². The maximum Gasteiger partial charge on any atom is 0.339 e. The van der Waals surface area contributed by atoms with Crippen LogP contribution in [0.4, 0.5) is 10.5 Å². The number of nitrogens with one attached hydrogen (secondary N) is 2. The maximum absolute atomic E-state index is 11.6. The topological polar surface area (TPSA) is 62.7 Å². The second kappa shape index (κ2) is 8.05. The molecule has 0 bridgehead atoms. The van der Waals surface area contributed by atoms with Gasteiger partial charge in [0.25, 0.3) is 0 Å². The van der Waals surface area contributed by atoms with E-state index in [0.29, 0.717) is 17.3 Å². The molecule has 2 aromatic carbocycles. The van der Waals surface area contributed by atoms with Gasteiger partial charge in [-0.1, -0.05) is 11.6 Å². The third-order valence-electron chi connectivity index (χ3n) is 2.67. The second-order valence-electron chi connectivity index (χ2n) is 4.33. The van der Waals surface area contributed by atoms with Crippen LogP contribution in [-0.2, 0) is 0 Å². The molecule has 0 saturated carbocycles. The monoisotopic (exact) mass is 317 g/mol. The number of anilines is 1. The molecule has 0 atom stereocenters. The Balaban J connectivity index is 1.83. The van der Waals surface area contributed by atoms with Crippen molar-refractivity contribution in [2.24, 2.45) is 5.10 Å². The molecule has 2 amide bonds. The molecular formula is C16H16ClN3O2. The van der Waals surface area contributed by atoms with Crippen molar-refractivity contribution in [1.29, 1.82) is 0 Å². The summed E-state index contributed by atoms with van der Waals surface area (Å²) in [5.41, 5.74) is 3.88. The number of hydrogen-bond acceptors (Lipinski definition) is 3. The van der Waals surface area contributed by atoms with E-state index in [1.165, 1.54) is 0 Å². The van der Waals surface area contributed by atoms with Crippen LogP contribution >= 0.6 is 11.6 Å². The molecule has 5 nitrogen and oxygen atoms in total. The Hall–Kier alpha value is -2.53. The van der Waals surface area contributed by atoms with Gasteiger partial charge in [-0.05, 0) is 61.0 Å². The van der Waals surface area contributed by atoms with Gasteiger partial charge in [-0.3, -0.25) is 0 Å². The van der Waals surface area contributed by atoms with Crippen LogP contribution in [0, 0.1) is 0 Å². The first-order valence-corrected chi connectivity index (χ1v) is 7.13. The van der Waals surface area contributed by atoms with Gasteiger partial charge < -0.3 is 10.1 Å². The summed E-state index contributed by atoms with van der Waals surface area (Å²) in [5.74, 6) is 0.799. The lowest BCUT2D eigenvalue weighted by atomic mass is 10.2. The maximum atomic E-state index is 11.6. The Labute approximate surface area is 133 Å². The zero-order chi connectivity index (χ0) is 15.8. The highest BCUT2D eigenvalue weighted by Gasteiger charge is 1.99. The van der Waals surface area contributed by atoms with Crippen molar-refractivity contribution >= 4 is 29.5 Å². The van der Waals surface area contributed by atoms with E-state index in [9.17, 15) is 4.79 Å². The Kier molecular flexibility index (Phi) is 5.80. The molecule has 0 aliphatic heterocycles. The van der Waals surface area contributed by atoms with E-state index in [1.54, 1.807) is 30.5 Å². The second-order valence-corrected chi connectivity index (χ2v) is 4.77. The lowest BCUT2D eigenvalue weighted by Crippen LogP contribution is -2.24. The molecule has 2 rings (SSSR count). The summed E-state index contributed by atoms with van der Waals surface area (Å²) in [6.07, 6.45) is 1.55. The number of hydrogen-bond donors (Lipinski definition) is 2. The Bertz CT molecular complexity index is 639. The number of ether oxygens (including phenoxy) is 1. The number of hydrazone groups is 1. The van der Waals surface area contributed by atoms with E-state index in [2.05, 4.69) is 15.8 Å². The minimum Gasteiger partial charge on any atom is -0.494 e. The van der Waals surface area contributed by atoms with E-state index in [1.807, 2.05) is 31.2 Å². The fourth-order valence-electron chi connectivity index (χ4n) is 1.67. The summed E-state index contributed by atoms with van der Waals surface area (Å²) in [6.45, 7) is 2.55. The number of amides is 2. The summed E-state index contributed by atoms with van der Waals surface area (Å²) < 4.78 is 5.34. The smallest absolute Gasteiger partial charge is 0.339 e. The van der Waals surface area contributed by atoms with Gasteiger partial charge in [0.15, 0.2) is 0 Å². The molecule has 0 radical (unpaired) electrons. The van der Waals surface area contributed by atoms with Crippen molar-refractivity contribution in [2.45, 2.75) is 6.92 Å². The molecule has 0 fully saturated rings.